The fourth-order valence-corrected chi connectivity index (χ4v) is 5.48. The molecule has 11 heteroatoms. The Morgan fingerprint density at radius 3 is 2.48 bits per heavy atom. The average molecular weight is 575 g/mol. The molecule has 3 unspecified atom stereocenters. The van der Waals surface area contributed by atoms with Crippen molar-refractivity contribution in [1.82, 2.24) is 4.90 Å². The Morgan fingerprint density at radius 1 is 1.12 bits per heavy atom. The van der Waals surface area contributed by atoms with Crippen molar-refractivity contribution in [2.45, 2.75) is 58.0 Å². The number of rotatable bonds is 7. The first-order chi connectivity index (χ1) is 18.8. The summed E-state index contributed by atoms with van der Waals surface area (Å²) in [6.45, 7) is 6.16. The van der Waals surface area contributed by atoms with E-state index < -0.39 is 48.6 Å². The van der Waals surface area contributed by atoms with E-state index in [-0.39, 0.29) is 18.4 Å². The van der Waals surface area contributed by atoms with Gasteiger partial charge < -0.3 is 34.2 Å². The lowest BCUT2D eigenvalue weighted by Crippen LogP contribution is -2.47. The molecule has 4 rings (SSSR count). The third-order valence-corrected chi connectivity index (χ3v) is 7.23. The van der Waals surface area contributed by atoms with Crippen molar-refractivity contribution in [2.24, 2.45) is 5.41 Å². The largest absolute Gasteiger partial charge is 0.493 e. The maximum absolute atomic E-state index is 14.1. The molecular weight excluding hydrogens is 540 g/mol. The number of halogens is 1. The Hall–Kier alpha value is -3.34. The first-order valence-electron chi connectivity index (χ1n) is 13.0. The zero-order valence-corrected chi connectivity index (χ0v) is 24.0. The quantitative estimate of drug-likeness (QED) is 0.513. The minimum absolute atomic E-state index is 0.0791. The zero-order chi connectivity index (χ0) is 29.4. The zero-order valence-electron chi connectivity index (χ0n) is 23.2. The highest BCUT2D eigenvalue weighted by Crippen LogP contribution is 2.45. The molecule has 2 heterocycles. The molecule has 2 aliphatic rings. The molecule has 0 aliphatic carbocycles. The smallest absolute Gasteiger partial charge is 0.326 e. The lowest BCUT2D eigenvalue weighted by Gasteiger charge is -2.32. The Labute approximate surface area is 238 Å². The topological polar surface area (TPSA) is 126 Å². The molecule has 2 aromatic rings. The molecule has 2 aliphatic heterocycles. The van der Waals surface area contributed by atoms with Crippen LogP contribution in [0.15, 0.2) is 36.4 Å². The number of nitrogens with zero attached hydrogens (tertiary/aromatic N) is 2. The van der Waals surface area contributed by atoms with Crippen molar-refractivity contribution < 1.29 is 38.8 Å². The van der Waals surface area contributed by atoms with Gasteiger partial charge in [0.1, 0.15) is 18.2 Å². The monoisotopic (exact) mass is 574 g/mol. The summed E-state index contributed by atoms with van der Waals surface area (Å²) in [5.74, 6) is -1.40. The van der Waals surface area contributed by atoms with Gasteiger partial charge in [-0.15, -0.1) is 0 Å². The predicted molar refractivity (Wildman–Crippen MR) is 148 cm³/mol. The fourth-order valence-electron chi connectivity index (χ4n) is 5.30. The summed E-state index contributed by atoms with van der Waals surface area (Å²) in [7, 11) is 3.01. The van der Waals surface area contributed by atoms with Crippen molar-refractivity contribution in [3.63, 3.8) is 0 Å². The summed E-state index contributed by atoms with van der Waals surface area (Å²) in [5.41, 5.74) is 1.43. The number of β-amino-alcohol motifs (C(OH)–C–C–N with tert-alkyl or cyclic N) is 1. The van der Waals surface area contributed by atoms with Crippen LogP contribution >= 0.6 is 11.6 Å². The second-order valence-corrected chi connectivity index (χ2v) is 11.7. The molecule has 1 saturated heterocycles. The molecule has 0 aromatic heterocycles. The van der Waals surface area contributed by atoms with Crippen LogP contribution in [0, 0.1) is 5.41 Å². The number of ether oxygens (including phenoxy) is 3. The lowest BCUT2D eigenvalue weighted by molar-refractivity contribution is -0.151. The molecule has 1 fully saturated rings. The highest BCUT2D eigenvalue weighted by atomic mass is 35.5. The number of methoxy groups -OCH3 is 2. The highest BCUT2D eigenvalue weighted by molar-refractivity contribution is 6.30. The minimum atomic E-state index is -1.27. The fraction of sp³-hybridized carbons (Fsp3) is 0.483. The van der Waals surface area contributed by atoms with Crippen molar-refractivity contribution >= 4 is 35.1 Å². The van der Waals surface area contributed by atoms with E-state index in [1.807, 2.05) is 20.8 Å². The van der Waals surface area contributed by atoms with Crippen molar-refractivity contribution in [3.05, 3.63) is 52.5 Å². The van der Waals surface area contributed by atoms with Crippen LogP contribution in [-0.4, -0.2) is 78.5 Å². The van der Waals surface area contributed by atoms with E-state index in [1.54, 1.807) is 41.3 Å². The molecule has 4 atom stereocenters. The number of amides is 2. The molecule has 2 aromatic carbocycles. The summed E-state index contributed by atoms with van der Waals surface area (Å²) in [5, 5.41) is 20.1. The van der Waals surface area contributed by atoms with Crippen LogP contribution in [-0.2, 0) is 19.1 Å². The van der Waals surface area contributed by atoms with E-state index in [1.165, 1.54) is 14.2 Å². The number of carbonyl (C=O) groups excluding carboxylic acids is 2. The van der Waals surface area contributed by atoms with Gasteiger partial charge in [-0.2, -0.15) is 0 Å². The molecule has 2 amide bonds. The van der Waals surface area contributed by atoms with Crippen molar-refractivity contribution in [2.75, 3.05) is 32.2 Å². The molecule has 216 valence electrons. The summed E-state index contributed by atoms with van der Waals surface area (Å²) >= 11 is 6.44. The number of benzene rings is 2. The first kappa shape index (κ1) is 29.6. The maximum atomic E-state index is 14.1. The summed E-state index contributed by atoms with van der Waals surface area (Å²) in [4.78, 5) is 42.1. The molecule has 2 N–H and O–H groups in total. The Balaban J connectivity index is 1.84. The van der Waals surface area contributed by atoms with Crippen LogP contribution < -0.4 is 14.4 Å². The van der Waals surface area contributed by atoms with Crippen LogP contribution in [0.2, 0.25) is 5.02 Å². The van der Waals surface area contributed by atoms with Gasteiger partial charge in [0, 0.05) is 41.3 Å². The van der Waals surface area contributed by atoms with Crippen LogP contribution in [0.4, 0.5) is 5.69 Å². The molecule has 0 saturated carbocycles. The van der Waals surface area contributed by atoms with Gasteiger partial charge in [-0.05, 0) is 29.7 Å². The highest BCUT2D eigenvalue weighted by Gasteiger charge is 2.44. The first-order valence-corrected chi connectivity index (χ1v) is 13.4. The molecule has 0 spiro atoms. The lowest BCUT2D eigenvalue weighted by atomic mass is 9.94. The summed E-state index contributed by atoms with van der Waals surface area (Å²) < 4.78 is 17.7. The number of aliphatic hydroxyl groups excluding tert-OH is 1. The van der Waals surface area contributed by atoms with E-state index in [4.69, 9.17) is 25.8 Å². The maximum Gasteiger partial charge on any atom is 0.326 e. The normalized spacial score (nSPS) is 23.0. The molecular formula is C29H35ClN2O8. The summed E-state index contributed by atoms with van der Waals surface area (Å²) in [6.07, 6.45) is -3.61. The van der Waals surface area contributed by atoms with E-state index in [9.17, 15) is 24.6 Å². The van der Waals surface area contributed by atoms with Gasteiger partial charge in [-0.25, -0.2) is 4.79 Å². The third kappa shape index (κ3) is 6.04. The number of fused-ring (bicyclic) bond motifs is 1. The van der Waals surface area contributed by atoms with E-state index in [0.717, 1.165) is 4.90 Å². The minimum Gasteiger partial charge on any atom is -0.493 e. The third-order valence-electron chi connectivity index (χ3n) is 7.00. The van der Waals surface area contributed by atoms with E-state index in [0.29, 0.717) is 39.9 Å². The van der Waals surface area contributed by atoms with Gasteiger partial charge in [-0.1, -0.05) is 44.5 Å². The SMILES string of the molecule is COc1cccc(C2OC(CC(=O)N3CC(O)C[C@H]3C(=O)O)C(=O)N(CC(C)(C)C)c3ccc(Cl)cc32)c1OC. The standard InChI is InChI=1S/C29H35ClN2O8/c1-29(2,3)15-32-20-10-9-16(30)11-19(20)25(18-7-6-8-22(38-4)26(18)39-5)40-23(27(32)35)13-24(34)31-14-17(33)12-21(31)28(36)37/h6-11,17,21,23,25,33H,12-15H2,1-5H3,(H,36,37)/t17?,21-,23?,25?/m0/s1. The summed E-state index contributed by atoms with van der Waals surface area (Å²) in [6, 6.07) is 9.29. The van der Waals surface area contributed by atoms with Crippen LogP contribution in [0.3, 0.4) is 0 Å². The number of para-hydroxylation sites is 1. The number of hydrogen-bond acceptors (Lipinski definition) is 7. The van der Waals surface area contributed by atoms with Crippen LogP contribution in [0.1, 0.15) is 50.8 Å². The number of likely N-dealkylation sites (tertiary alicyclic amines) is 1. The number of aliphatic hydroxyl groups is 1. The van der Waals surface area contributed by atoms with Crippen molar-refractivity contribution in [1.29, 1.82) is 0 Å². The van der Waals surface area contributed by atoms with Crippen LogP contribution in [0.25, 0.3) is 0 Å². The van der Waals surface area contributed by atoms with Gasteiger partial charge in [0.05, 0.1) is 26.7 Å². The Bertz CT molecular complexity index is 1290. The van der Waals surface area contributed by atoms with Crippen molar-refractivity contribution in [3.8, 4) is 11.5 Å². The number of anilines is 1. The molecule has 0 radical (unpaired) electrons. The number of hydrogen-bond donors (Lipinski definition) is 2. The Kier molecular flexibility index (Phi) is 8.63. The van der Waals surface area contributed by atoms with Gasteiger partial charge >= 0.3 is 5.97 Å². The number of carboxylic acids is 1. The Morgan fingerprint density at radius 2 is 1.85 bits per heavy atom. The second kappa shape index (κ2) is 11.6. The number of carboxylic acid groups (broad SMARTS) is 1. The second-order valence-electron chi connectivity index (χ2n) is 11.3. The van der Waals surface area contributed by atoms with Crippen LogP contribution in [0.5, 0.6) is 11.5 Å². The van der Waals surface area contributed by atoms with E-state index >= 15 is 0 Å². The molecule has 40 heavy (non-hydrogen) atoms. The van der Waals surface area contributed by atoms with Gasteiger partial charge in [0.25, 0.3) is 5.91 Å². The predicted octanol–water partition coefficient (Wildman–Crippen LogP) is 3.66. The van der Waals surface area contributed by atoms with Gasteiger partial charge in [0.15, 0.2) is 11.5 Å². The molecule has 10 nitrogen and oxygen atoms in total. The molecule has 0 bridgehead atoms. The number of carbonyl (C=O) groups is 3. The van der Waals surface area contributed by atoms with E-state index in [2.05, 4.69) is 0 Å². The van der Waals surface area contributed by atoms with Gasteiger partial charge in [-0.3, -0.25) is 9.59 Å². The van der Waals surface area contributed by atoms with Gasteiger partial charge in [0.2, 0.25) is 5.91 Å². The number of aliphatic carboxylic acids is 1. The average Bonchev–Trinajstić information content (AvgIpc) is 3.26.